The van der Waals surface area contributed by atoms with Gasteiger partial charge in [-0.25, -0.2) is 0 Å². The highest BCUT2D eigenvalue weighted by atomic mass is 35.5. The third kappa shape index (κ3) is 5.05. The van der Waals surface area contributed by atoms with E-state index in [1.54, 1.807) is 13.2 Å². The summed E-state index contributed by atoms with van der Waals surface area (Å²) in [6.07, 6.45) is 0.588. The molecule has 0 amide bonds. The van der Waals surface area contributed by atoms with Crippen LogP contribution in [0, 0.1) is 0 Å². The smallest absolute Gasteiger partial charge is 0.144 e. The van der Waals surface area contributed by atoms with E-state index in [1.165, 1.54) is 0 Å². The largest absolute Gasteiger partial charge is 0.591 e. The standard InChI is InChI=1S/C14H20ClNO2S/c1-10(16-19(17)14(2,3)4)8-11-6-7-12(18-5)9-13(11)15/h6-7,9H,8H2,1-5H3/t19-/m0/s1. The zero-order chi connectivity index (χ0) is 14.6. The molecule has 0 aliphatic heterocycles. The van der Waals surface area contributed by atoms with Crippen LogP contribution in [0.25, 0.3) is 0 Å². The van der Waals surface area contributed by atoms with Crippen LogP contribution >= 0.6 is 11.6 Å². The predicted molar refractivity (Wildman–Crippen MR) is 82.7 cm³/mol. The summed E-state index contributed by atoms with van der Waals surface area (Å²) in [5.74, 6) is 0.724. The summed E-state index contributed by atoms with van der Waals surface area (Å²) < 4.78 is 20.9. The minimum absolute atomic E-state index is 0.342. The van der Waals surface area contributed by atoms with Crippen molar-refractivity contribution in [1.82, 2.24) is 0 Å². The number of ether oxygens (including phenoxy) is 1. The minimum Gasteiger partial charge on any atom is -0.591 e. The first kappa shape index (κ1) is 16.3. The minimum atomic E-state index is -1.23. The van der Waals surface area contributed by atoms with Crippen LogP contribution in [0.1, 0.15) is 33.3 Å². The maximum absolute atomic E-state index is 11.9. The van der Waals surface area contributed by atoms with Gasteiger partial charge in [0.05, 0.1) is 12.8 Å². The molecule has 0 fully saturated rings. The molecular formula is C14H20ClNO2S. The van der Waals surface area contributed by atoms with Crippen molar-refractivity contribution >= 4 is 28.7 Å². The highest BCUT2D eigenvalue weighted by Gasteiger charge is 2.26. The Bertz CT molecular complexity index is 469. The molecule has 0 spiro atoms. The van der Waals surface area contributed by atoms with Crippen molar-refractivity contribution in [1.29, 1.82) is 0 Å². The van der Waals surface area contributed by atoms with Crippen molar-refractivity contribution in [3.63, 3.8) is 0 Å². The van der Waals surface area contributed by atoms with Crippen molar-refractivity contribution in [3.8, 4) is 5.75 Å². The Hall–Kier alpha value is -0.710. The van der Waals surface area contributed by atoms with E-state index >= 15 is 0 Å². The van der Waals surface area contributed by atoms with Gasteiger partial charge in [-0.3, -0.25) is 0 Å². The number of nitrogens with zero attached hydrogens (tertiary/aromatic N) is 1. The molecular weight excluding hydrogens is 282 g/mol. The van der Waals surface area contributed by atoms with Gasteiger partial charge in [-0.1, -0.05) is 22.1 Å². The van der Waals surface area contributed by atoms with E-state index in [1.807, 2.05) is 39.8 Å². The SMILES string of the molecule is COc1ccc(CC(C)=N[S@@+]([O-])C(C)(C)C)c(Cl)c1. The van der Waals surface area contributed by atoms with Gasteiger partial charge in [0.25, 0.3) is 0 Å². The monoisotopic (exact) mass is 301 g/mol. The normalized spacial score (nSPS) is 14.4. The Balaban J connectivity index is 2.82. The number of hydrogen-bond donors (Lipinski definition) is 0. The molecule has 1 atom stereocenters. The number of benzene rings is 1. The molecule has 106 valence electrons. The molecule has 0 heterocycles. The Labute approximate surface area is 123 Å². The lowest BCUT2D eigenvalue weighted by atomic mass is 10.1. The van der Waals surface area contributed by atoms with Gasteiger partial charge >= 0.3 is 0 Å². The van der Waals surface area contributed by atoms with Crippen LogP contribution in [0.5, 0.6) is 5.75 Å². The summed E-state index contributed by atoms with van der Waals surface area (Å²) in [5.41, 5.74) is 1.76. The van der Waals surface area contributed by atoms with Crippen molar-refractivity contribution in [2.75, 3.05) is 7.11 Å². The molecule has 0 unspecified atom stereocenters. The van der Waals surface area contributed by atoms with E-state index in [9.17, 15) is 4.55 Å². The molecule has 0 bridgehead atoms. The zero-order valence-corrected chi connectivity index (χ0v) is 13.6. The van der Waals surface area contributed by atoms with Crippen molar-refractivity contribution in [2.24, 2.45) is 4.40 Å². The first-order valence-corrected chi connectivity index (χ1v) is 7.51. The van der Waals surface area contributed by atoms with E-state index in [0.29, 0.717) is 11.4 Å². The quantitative estimate of drug-likeness (QED) is 0.627. The molecule has 3 nitrogen and oxygen atoms in total. The Kier molecular flexibility index (Phi) is 5.71. The Morgan fingerprint density at radius 2 is 2.05 bits per heavy atom. The van der Waals surface area contributed by atoms with Crippen molar-refractivity contribution in [3.05, 3.63) is 28.8 Å². The molecule has 0 saturated heterocycles. The van der Waals surface area contributed by atoms with Gasteiger partial charge in [0.2, 0.25) is 0 Å². The second-order valence-corrected chi connectivity index (χ2v) is 7.64. The second-order valence-electron chi connectivity index (χ2n) is 5.32. The maximum atomic E-state index is 11.9. The van der Waals surface area contributed by atoms with Gasteiger partial charge in [0.15, 0.2) is 0 Å². The van der Waals surface area contributed by atoms with Gasteiger partial charge in [0, 0.05) is 11.4 Å². The number of rotatable bonds is 4. The van der Waals surface area contributed by atoms with E-state index in [-0.39, 0.29) is 4.75 Å². The average molecular weight is 302 g/mol. The van der Waals surface area contributed by atoms with Crippen LogP contribution < -0.4 is 4.74 Å². The van der Waals surface area contributed by atoms with Gasteiger partial charge < -0.3 is 9.29 Å². The van der Waals surface area contributed by atoms with Crippen LogP contribution in [0.15, 0.2) is 22.6 Å². The molecule has 0 saturated carbocycles. The lowest BCUT2D eigenvalue weighted by molar-refractivity contribution is 0.414. The fourth-order valence-corrected chi connectivity index (χ4v) is 2.24. The zero-order valence-electron chi connectivity index (χ0n) is 12.0. The number of methoxy groups -OCH3 is 1. The summed E-state index contributed by atoms with van der Waals surface area (Å²) in [6.45, 7) is 7.57. The van der Waals surface area contributed by atoms with Crippen LogP contribution in [-0.2, 0) is 17.8 Å². The highest BCUT2D eigenvalue weighted by Crippen LogP contribution is 2.24. The molecule has 5 heteroatoms. The maximum Gasteiger partial charge on any atom is 0.144 e. The summed E-state index contributed by atoms with van der Waals surface area (Å²) in [4.78, 5) is 0. The molecule has 0 radical (unpaired) electrons. The lowest BCUT2D eigenvalue weighted by Gasteiger charge is -2.18. The van der Waals surface area contributed by atoms with Gasteiger partial charge in [-0.05, 0) is 45.4 Å². The van der Waals surface area contributed by atoms with Crippen LogP contribution in [0.3, 0.4) is 0 Å². The fraction of sp³-hybridized carbons (Fsp3) is 0.500. The number of halogens is 1. The van der Waals surface area contributed by atoms with Crippen molar-refractivity contribution < 1.29 is 9.29 Å². The average Bonchev–Trinajstić information content (AvgIpc) is 2.30. The fourth-order valence-electron chi connectivity index (χ4n) is 1.38. The van der Waals surface area contributed by atoms with E-state index in [4.69, 9.17) is 16.3 Å². The second kappa shape index (κ2) is 6.64. The number of hydrogen-bond acceptors (Lipinski definition) is 3. The summed E-state index contributed by atoms with van der Waals surface area (Å²) in [5, 5.41) is 0.635. The van der Waals surface area contributed by atoms with E-state index < -0.39 is 11.4 Å². The lowest BCUT2D eigenvalue weighted by Crippen LogP contribution is -2.26. The Morgan fingerprint density at radius 3 is 2.53 bits per heavy atom. The first-order chi connectivity index (χ1) is 8.74. The van der Waals surface area contributed by atoms with Crippen molar-refractivity contribution in [2.45, 2.75) is 38.9 Å². The molecule has 1 aromatic carbocycles. The molecule has 1 aromatic rings. The van der Waals surface area contributed by atoms with Crippen LogP contribution in [0.4, 0.5) is 0 Å². The molecule has 0 aromatic heterocycles. The van der Waals surface area contributed by atoms with Gasteiger partial charge in [0.1, 0.15) is 21.9 Å². The van der Waals surface area contributed by atoms with Gasteiger partial charge in [-0.2, -0.15) is 0 Å². The molecule has 0 aliphatic carbocycles. The topological polar surface area (TPSA) is 44.6 Å². The van der Waals surface area contributed by atoms with Crippen LogP contribution in [0.2, 0.25) is 5.02 Å². The summed E-state index contributed by atoms with van der Waals surface area (Å²) >= 11 is 4.93. The van der Waals surface area contributed by atoms with E-state index in [0.717, 1.165) is 17.0 Å². The third-order valence-corrected chi connectivity index (χ3v) is 4.35. The van der Waals surface area contributed by atoms with E-state index in [2.05, 4.69) is 4.40 Å². The predicted octanol–water partition coefficient (Wildman–Crippen LogP) is 3.81. The first-order valence-electron chi connectivity index (χ1n) is 6.02. The molecule has 0 aliphatic rings. The van der Waals surface area contributed by atoms with Crippen LogP contribution in [-0.4, -0.2) is 22.1 Å². The molecule has 1 rings (SSSR count). The summed E-state index contributed by atoms with van der Waals surface area (Å²) in [6, 6.07) is 5.53. The summed E-state index contributed by atoms with van der Waals surface area (Å²) in [7, 11) is 1.60. The third-order valence-electron chi connectivity index (χ3n) is 2.47. The molecule has 19 heavy (non-hydrogen) atoms. The molecule has 0 N–H and O–H groups in total. The van der Waals surface area contributed by atoms with Gasteiger partial charge in [-0.15, -0.1) is 0 Å². The highest BCUT2D eigenvalue weighted by molar-refractivity contribution is 7.91. The Morgan fingerprint density at radius 1 is 1.42 bits per heavy atom.